The van der Waals surface area contributed by atoms with E-state index in [4.69, 9.17) is 9.47 Å². The SMILES string of the molecule is COc1ccc(-c2ccc3c(n2)C(=O)OC32CCC(C(=O)N(C)CCN3CCCC3)CC2)cn1. The molecule has 2 fully saturated rings. The van der Waals surface area contributed by atoms with Crippen molar-refractivity contribution in [2.45, 2.75) is 44.1 Å². The first-order chi connectivity index (χ1) is 16.5. The summed E-state index contributed by atoms with van der Waals surface area (Å²) < 4.78 is 11.0. The maximum atomic E-state index is 13.0. The Morgan fingerprint density at radius 1 is 1.21 bits per heavy atom. The van der Waals surface area contributed by atoms with Crippen molar-refractivity contribution < 1.29 is 19.1 Å². The number of carbonyl (C=O) groups is 2. The summed E-state index contributed by atoms with van der Waals surface area (Å²) in [6.45, 7) is 4.00. The topological polar surface area (TPSA) is 84.9 Å². The number of esters is 1. The third kappa shape index (κ3) is 4.27. The zero-order valence-electron chi connectivity index (χ0n) is 20.0. The molecule has 0 aromatic carbocycles. The molecule has 2 aromatic rings. The lowest BCUT2D eigenvalue weighted by atomic mass is 9.75. The summed E-state index contributed by atoms with van der Waals surface area (Å²) >= 11 is 0. The van der Waals surface area contributed by atoms with Gasteiger partial charge in [0.25, 0.3) is 0 Å². The van der Waals surface area contributed by atoms with Crippen LogP contribution in [0.15, 0.2) is 30.5 Å². The van der Waals surface area contributed by atoms with Crippen molar-refractivity contribution in [2.24, 2.45) is 5.92 Å². The molecule has 5 rings (SSSR count). The molecule has 2 aromatic heterocycles. The first-order valence-corrected chi connectivity index (χ1v) is 12.2. The second-order valence-corrected chi connectivity index (χ2v) is 9.65. The van der Waals surface area contributed by atoms with E-state index in [1.54, 1.807) is 19.4 Å². The minimum Gasteiger partial charge on any atom is -0.481 e. The Hall–Kier alpha value is -3.00. The van der Waals surface area contributed by atoms with Crippen molar-refractivity contribution >= 4 is 11.9 Å². The summed E-state index contributed by atoms with van der Waals surface area (Å²) in [5.74, 6) is 0.329. The second kappa shape index (κ2) is 9.33. The highest BCUT2D eigenvalue weighted by molar-refractivity contribution is 5.93. The summed E-state index contributed by atoms with van der Waals surface area (Å²) in [6.07, 6.45) is 6.92. The molecule has 4 heterocycles. The Kier molecular flexibility index (Phi) is 6.25. The highest BCUT2D eigenvalue weighted by atomic mass is 16.6. The molecule has 2 aliphatic heterocycles. The number of pyridine rings is 2. The van der Waals surface area contributed by atoms with Crippen LogP contribution in [0.2, 0.25) is 0 Å². The summed E-state index contributed by atoms with van der Waals surface area (Å²) in [7, 11) is 3.48. The smallest absolute Gasteiger partial charge is 0.358 e. The molecule has 0 atom stereocenters. The zero-order valence-corrected chi connectivity index (χ0v) is 20.0. The van der Waals surface area contributed by atoms with Gasteiger partial charge in [-0.2, -0.15) is 0 Å². The summed E-state index contributed by atoms with van der Waals surface area (Å²) in [5.41, 5.74) is 2.04. The average Bonchev–Trinajstić information content (AvgIpc) is 3.49. The average molecular weight is 465 g/mol. The number of carbonyl (C=O) groups excluding carboxylic acids is 2. The second-order valence-electron chi connectivity index (χ2n) is 9.65. The van der Waals surface area contributed by atoms with Gasteiger partial charge in [-0.1, -0.05) is 6.07 Å². The van der Waals surface area contributed by atoms with Gasteiger partial charge in [0.15, 0.2) is 5.69 Å². The van der Waals surface area contributed by atoms with Crippen LogP contribution in [-0.4, -0.2) is 72.0 Å². The van der Waals surface area contributed by atoms with Gasteiger partial charge in [-0.15, -0.1) is 0 Å². The quantitative estimate of drug-likeness (QED) is 0.607. The first kappa shape index (κ1) is 22.8. The standard InChI is InChI=1S/C26H32N4O4/c1-29(15-16-30-13-3-4-14-30)24(31)18-9-11-26(12-10-18)20-6-7-21(28-23(20)25(32)34-26)19-5-8-22(33-2)27-17-19/h5-8,17-18H,3-4,9-16H2,1-2H3. The molecule has 1 spiro atoms. The fourth-order valence-electron chi connectivity index (χ4n) is 5.50. The maximum Gasteiger partial charge on any atom is 0.358 e. The molecule has 34 heavy (non-hydrogen) atoms. The molecule has 8 nitrogen and oxygen atoms in total. The number of hydrogen-bond acceptors (Lipinski definition) is 7. The van der Waals surface area contributed by atoms with Gasteiger partial charge in [-0.05, 0) is 63.7 Å². The van der Waals surface area contributed by atoms with Crippen LogP contribution in [0.3, 0.4) is 0 Å². The molecule has 8 heteroatoms. The Labute approximate surface area is 200 Å². The van der Waals surface area contributed by atoms with Gasteiger partial charge >= 0.3 is 5.97 Å². The van der Waals surface area contributed by atoms with Gasteiger partial charge in [-0.25, -0.2) is 14.8 Å². The number of hydrogen-bond donors (Lipinski definition) is 0. The number of nitrogens with zero attached hydrogens (tertiary/aromatic N) is 4. The summed E-state index contributed by atoms with van der Waals surface area (Å²) in [6, 6.07) is 7.50. The lowest BCUT2D eigenvalue weighted by Crippen LogP contribution is -2.41. The van der Waals surface area contributed by atoms with Crippen molar-refractivity contribution in [1.82, 2.24) is 19.8 Å². The van der Waals surface area contributed by atoms with E-state index in [2.05, 4.69) is 14.9 Å². The lowest BCUT2D eigenvalue weighted by molar-refractivity contribution is -0.137. The van der Waals surface area contributed by atoms with Crippen LogP contribution < -0.4 is 4.74 Å². The van der Waals surface area contributed by atoms with Gasteiger partial charge in [0.1, 0.15) is 5.60 Å². The van der Waals surface area contributed by atoms with Gasteiger partial charge in [0.2, 0.25) is 11.8 Å². The molecule has 1 amide bonds. The Bertz CT molecular complexity index is 1060. The van der Waals surface area contributed by atoms with Crippen molar-refractivity contribution in [1.29, 1.82) is 0 Å². The van der Waals surface area contributed by atoms with Crippen LogP contribution in [0, 0.1) is 5.92 Å². The predicted octanol–water partition coefficient (Wildman–Crippen LogP) is 3.26. The number of rotatable bonds is 6. The first-order valence-electron chi connectivity index (χ1n) is 12.2. The van der Waals surface area contributed by atoms with E-state index in [1.165, 1.54) is 12.8 Å². The number of likely N-dealkylation sites (tertiary alicyclic amines) is 1. The van der Waals surface area contributed by atoms with Crippen LogP contribution in [0.1, 0.15) is 54.6 Å². The molecule has 1 saturated carbocycles. The van der Waals surface area contributed by atoms with Crippen molar-refractivity contribution in [2.75, 3.05) is 40.3 Å². The van der Waals surface area contributed by atoms with Crippen molar-refractivity contribution in [3.8, 4) is 17.1 Å². The fourth-order valence-corrected chi connectivity index (χ4v) is 5.50. The minimum atomic E-state index is -0.666. The van der Waals surface area contributed by atoms with E-state index in [1.807, 2.05) is 30.1 Å². The minimum absolute atomic E-state index is 0.0189. The molecule has 0 unspecified atom stereocenters. The molecule has 1 aliphatic carbocycles. The van der Waals surface area contributed by atoms with Gasteiger partial charge in [-0.3, -0.25) is 4.79 Å². The highest BCUT2D eigenvalue weighted by Crippen LogP contribution is 2.48. The summed E-state index contributed by atoms with van der Waals surface area (Å²) in [5, 5.41) is 0. The molecule has 3 aliphatic rings. The van der Waals surface area contributed by atoms with Crippen molar-refractivity contribution in [3.05, 3.63) is 41.7 Å². The molecule has 1 saturated heterocycles. The van der Waals surface area contributed by atoms with Gasteiger partial charge < -0.3 is 19.3 Å². The Morgan fingerprint density at radius 2 is 1.97 bits per heavy atom. The molecule has 180 valence electrons. The number of fused-ring (bicyclic) bond motifs is 2. The van der Waals surface area contributed by atoms with Crippen LogP contribution in [0.25, 0.3) is 11.3 Å². The van der Waals surface area contributed by atoms with E-state index < -0.39 is 5.60 Å². The van der Waals surface area contributed by atoms with Crippen LogP contribution in [0.5, 0.6) is 5.88 Å². The number of aromatic nitrogens is 2. The molecular weight excluding hydrogens is 432 g/mol. The number of likely N-dealkylation sites (N-methyl/N-ethyl adjacent to an activating group) is 1. The number of amides is 1. The Balaban J connectivity index is 1.25. The van der Waals surface area contributed by atoms with Crippen LogP contribution >= 0.6 is 0 Å². The molecule has 0 bridgehead atoms. The number of ether oxygens (including phenoxy) is 2. The van der Waals surface area contributed by atoms with Gasteiger partial charge in [0, 0.05) is 49.4 Å². The van der Waals surface area contributed by atoms with E-state index in [0.717, 1.165) is 37.3 Å². The van der Waals surface area contributed by atoms with Crippen LogP contribution in [-0.2, 0) is 15.1 Å². The van der Waals surface area contributed by atoms with E-state index >= 15 is 0 Å². The molecule has 0 N–H and O–H groups in total. The van der Waals surface area contributed by atoms with E-state index in [0.29, 0.717) is 43.0 Å². The largest absolute Gasteiger partial charge is 0.481 e. The predicted molar refractivity (Wildman–Crippen MR) is 126 cm³/mol. The van der Waals surface area contributed by atoms with Crippen molar-refractivity contribution in [3.63, 3.8) is 0 Å². The zero-order chi connectivity index (χ0) is 23.7. The maximum absolute atomic E-state index is 13.0. The summed E-state index contributed by atoms with van der Waals surface area (Å²) in [4.78, 5) is 38.9. The third-order valence-electron chi connectivity index (χ3n) is 7.58. The third-order valence-corrected chi connectivity index (χ3v) is 7.58. The Morgan fingerprint density at radius 3 is 2.65 bits per heavy atom. The lowest BCUT2D eigenvalue weighted by Gasteiger charge is -2.37. The molecular formula is C26H32N4O4. The van der Waals surface area contributed by atoms with Gasteiger partial charge in [0.05, 0.1) is 12.8 Å². The fraction of sp³-hybridized carbons (Fsp3) is 0.538. The van der Waals surface area contributed by atoms with E-state index in [9.17, 15) is 9.59 Å². The number of methoxy groups -OCH3 is 1. The molecule has 0 radical (unpaired) electrons. The van der Waals surface area contributed by atoms with E-state index in [-0.39, 0.29) is 17.8 Å². The monoisotopic (exact) mass is 464 g/mol. The normalized spacial score (nSPS) is 24.2. The van der Waals surface area contributed by atoms with Crippen LogP contribution in [0.4, 0.5) is 0 Å². The highest BCUT2D eigenvalue weighted by Gasteiger charge is 2.49.